The Kier molecular flexibility index (Phi) is 2.86. The molecule has 4 nitrogen and oxygen atoms in total. The Morgan fingerprint density at radius 3 is 2.88 bits per heavy atom. The van der Waals surface area contributed by atoms with Crippen molar-refractivity contribution in [2.75, 3.05) is 0 Å². The molecule has 0 saturated carbocycles. The first-order valence-corrected chi connectivity index (χ1v) is 4.77. The van der Waals surface area contributed by atoms with Gasteiger partial charge in [0.1, 0.15) is 23.9 Å². The van der Waals surface area contributed by atoms with Crippen molar-refractivity contribution in [2.24, 2.45) is 0 Å². The molecule has 88 valence electrons. The van der Waals surface area contributed by atoms with Crippen molar-refractivity contribution >= 4 is 5.97 Å². The Bertz CT molecular complexity index is 566. The summed E-state index contributed by atoms with van der Waals surface area (Å²) >= 11 is 0. The van der Waals surface area contributed by atoms with Crippen LogP contribution >= 0.6 is 0 Å². The van der Waals surface area contributed by atoms with Crippen molar-refractivity contribution in [3.8, 4) is 11.3 Å². The van der Waals surface area contributed by atoms with Crippen LogP contribution in [0.2, 0.25) is 0 Å². The molecule has 0 radical (unpaired) electrons. The number of halogens is 2. The van der Waals surface area contributed by atoms with E-state index in [4.69, 9.17) is 5.11 Å². The zero-order valence-corrected chi connectivity index (χ0v) is 8.58. The van der Waals surface area contributed by atoms with E-state index in [0.29, 0.717) is 0 Å². The van der Waals surface area contributed by atoms with Crippen LogP contribution in [-0.2, 0) is 11.2 Å². The largest absolute Gasteiger partial charge is 0.481 e. The smallest absolute Gasteiger partial charge is 0.311 e. The Hall–Kier alpha value is -2.24. The number of imidazole rings is 1. The predicted octanol–water partition coefficient (Wildman–Crippen LogP) is 1.98. The van der Waals surface area contributed by atoms with Crippen LogP contribution in [0.5, 0.6) is 0 Å². The quantitative estimate of drug-likeness (QED) is 0.859. The maximum Gasteiger partial charge on any atom is 0.311 e. The number of aromatic amines is 1. The van der Waals surface area contributed by atoms with Gasteiger partial charge in [0.15, 0.2) is 0 Å². The lowest BCUT2D eigenvalue weighted by molar-refractivity contribution is -0.136. The van der Waals surface area contributed by atoms with Crippen molar-refractivity contribution in [2.45, 2.75) is 6.42 Å². The van der Waals surface area contributed by atoms with Crippen molar-refractivity contribution < 1.29 is 18.7 Å². The highest BCUT2D eigenvalue weighted by Gasteiger charge is 2.11. The molecule has 0 atom stereocenters. The van der Waals surface area contributed by atoms with E-state index in [2.05, 4.69) is 9.97 Å². The van der Waals surface area contributed by atoms with Gasteiger partial charge < -0.3 is 10.1 Å². The monoisotopic (exact) mass is 238 g/mol. The summed E-state index contributed by atoms with van der Waals surface area (Å²) in [6.45, 7) is 0. The summed E-state index contributed by atoms with van der Waals surface area (Å²) in [6, 6.07) is 3.03. The molecule has 0 saturated heterocycles. The van der Waals surface area contributed by atoms with Gasteiger partial charge in [-0.25, -0.2) is 13.8 Å². The molecule has 0 aliphatic carbocycles. The number of aliphatic carboxylic acids is 1. The van der Waals surface area contributed by atoms with E-state index in [0.717, 1.165) is 18.2 Å². The van der Waals surface area contributed by atoms with E-state index >= 15 is 0 Å². The second-order valence-electron chi connectivity index (χ2n) is 3.44. The van der Waals surface area contributed by atoms with E-state index in [1.165, 1.54) is 6.20 Å². The molecule has 1 heterocycles. The highest BCUT2D eigenvalue weighted by molar-refractivity contribution is 5.69. The summed E-state index contributed by atoms with van der Waals surface area (Å²) in [4.78, 5) is 16.8. The summed E-state index contributed by atoms with van der Waals surface area (Å²) < 4.78 is 26.4. The number of carboxylic acid groups (broad SMARTS) is 1. The van der Waals surface area contributed by atoms with Gasteiger partial charge in [0, 0.05) is 5.56 Å². The number of nitrogens with zero attached hydrogens (tertiary/aromatic N) is 1. The lowest BCUT2D eigenvalue weighted by Gasteiger charge is -1.99. The van der Waals surface area contributed by atoms with Crippen molar-refractivity contribution in [3.63, 3.8) is 0 Å². The van der Waals surface area contributed by atoms with E-state index in [9.17, 15) is 13.6 Å². The number of hydrogen-bond acceptors (Lipinski definition) is 2. The Labute approximate surface area is 94.9 Å². The second-order valence-corrected chi connectivity index (χ2v) is 3.44. The van der Waals surface area contributed by atoms with Crippen LogP contribution in [-0.4, -0.2) is 21.0 Å². The van der Waals surface area contributed by atoms with Crippen molar-refractivity contribution in [1.82, 2.24) is 9.97 Å². The van der Waals surface area contributed by atoms with Gasteiger partial charge in [-0.3, -0.25) is 4.79 Å². The molecule has 0 aliphatic heterocycles. The van der Waals surface area contributed by atoms with Crippen LogP contribution in [0.3, 0.4) is 0 Å². The fourth-order valence-corrected chi connectivity index (χ4v) is 1.44. The van der Waals surface area contributed by atoms with Gasteiger partial charge in [-0.15, -0.1) is 0 Å². The van der Waals surface area contributed by atoms with Gasteiger partial charge >= 0.3 is 5.97 Å². The lowest BCUT2D eigenvalue weighted by Crippen LogP contribution is -2.01. The molecule has 1 aromatic carbocycles. The molecule has 2 aromatic rings. The van der Waals surface area contributed by atoms with Crippen molar-refractivity contribution in [1.29, 1.82) is 0 Å². The molecular formula is C11H8F2N2O2. The molecule has 0 spiro atoms. The van der Waals surface area contributed by atoms with Gasteiger partial charge in [0.05, 0.1) is 11.9 Å². The molecule has 17 heavy (non-hydrogen) atoms. The highest BCUT2D eigenvalue weighted by Crippen LogP contribution is 2.21. The average molecular weight is 238 g/mol. The number of nitrogens with one attached hydrogen (secondary N) is 1. The first kappa shape index (κ1) is 11.3. The van der Waals surface area contributed by atoms with Crippen LogP contribution in [0.25, 0.3) is 11.3 Å². The maximum atomic E-state index is 13.4. The molecular weight excluding hydrogens is 230 g/mol. The average Bonchev–Trinajstić information content (AvgIpc) is 2.69. The van der Waals surface area contributed by atoms with E-state index in [-0.39, 0.29) is 23.5 Å². The summed E-state index contributed by atoms with van der Waals surface area (Å²) in [7, 11) is 0. The molecule has 0 aliphatic rings. The lowest BCUT2D eigenvalue weighted by atomic mass is 10.1. The summed E-state index contributed by atoms with van der Waals surface area (Å²) in [5, 5.41) is 8.55. The minimum atomic E-state index is -1.05. The van der Waals surface area contributed by atoms with E-state index < -0.39 is 17.6 Å². The SMILES string of the molecule is O=C(O)Cc1ncc(-c2cc(F)ccc2F)[nH]1. The molecule has 6 heteroatoms. The third-order valence-corrected chi connectivity index (χ3v) is 2.17. The molecule has 2 rings (SSSR count). The number of hydrogen-bond donors (Lipinski definition) is 2. The first-order chi connectivity index (χ1) is 8.06. The molecule has 0 unspecified atom stereocenters. The van der Waals surface area contributed by atoms with Crippen LogP contribution < -0.4 is 0 Å². The number of benzene rings is 1. The number of H-pyrrole nitrogens is 1. The topological polar surface area (TPSA) is 66.0 Å². The molecule has 0 fully saturated rings. The molecule has 0 amide bonds. The minimum absolute atomic E-state index is 0.0224. The van der Waals surface area contributed by atoms with E-state index in [1.54, 1.807) is 0 Å². The van der Waals surface area contributed by atoms with Gasteiger partial charge in [0.25, 0.3) is 0 Å². The molecule has 0 bridgehead atoms. The fourth-order valence-electron chi connectivity index (χ4n) is 1.44. The third-order valence-electron chi connectivity index (χ3n) is 2.17. The molecule has 1 aromatic heterocycles. The predicted molar refractivity (Wildman–Crippen MR) is 55.3 cm³/mol. The Morgan fingerprint density at radius 2 is 2.18 bits per heavy atom. The van der Waals surface area contributed by atoms with Crippen LogP contribution in [0.4, 0.5) is 8.78 Å². The number of aromatic nitrogens is 2. The third kappa shape index (κ3) is 2.47. The van der Waals surface area contributed by atoms with Crippen LogP contribution in [0.15, 0.2) is 24.4 Å². The minimum Gasteiger partial charge on any atom is -0.481 e. The second kappa shape index (κ2) is 4.32. The maximum absolute atomic E-state index is 13.4. The zero-order chi connectivity index (χ0) is 12.4. The van der Waals surface area contributed by atoms with E-state index in [1.807, 2.05) is 0 Å². The van der Waals surface area contributed by atoms with Gasteiger partial charge in [-0.05, 0) is 18.2 Å². The summed E-state index contributed by atoms with van der Waals surface area (Å²) in [5.41, 5.74) is 0.271. The highest BCUT2D eigenvalue weighted by atomic mass is 19.1. The Morgan fingerprint density at radius 1 is 1.41 bits per heavy atom. The Balaban J connectivity index is 2.36. The fraction of sp³-hybridized carbons (Fsp3) is 0.0909. The standard InChI is InChI=1S/C11H8F2N2O2/c12-6-1-2-8(13)7(3-6)9-5-14-10(15-9)4-11(16)17/h1-3,5H,4H2,(H,14,15)(H,16,17). The van der Waals surface area contributed by atoms with Gasteiger partial charge in [-0.1, -0.05) is 0 Å². The van der Waals surface area contributed by atoms with Gasteiger partial charge in [0.2, 0.25) is 0 Å². The summed E-state index contributed by atoms with van der Waals surface area (Å²) in [6.07, 6.45) is 0.979. The van der Waals surface area contributed by atoms with Crippen LogP contribution in [0, 0.1) is 11.6 Å². The van der Waals surface area contributed by atoms with Gasteiger partial charge in [-0.2, -0.15) is 0 Å². The zero-order valence-electron chi connectivity index (χ0n) is 8.58. The summed E-state index contributed by atoms with van der Waals surface area (Å²) in [5.74, 6) is -2.03. The molecule has 2 N–H and O–H groups in total. The number of carbonyl (C=O) groups is 1. The first-order valence-electron chi connectivity index (χ1n) is 4.77. The number of rotatable bonds is 3. The normalized spacial score (nSPS) is 10.5. The van der Waals surface area contributed by atoms with Crippen molar-refractivity contribution in [3.05, 3.63) is 41.9 Å². The van der Waals surface area contributed by atoms with Crippen LogP contribution in [0.1, 0.15) is 5.82 Å². The number of carboxylic acids is 1.